The van der Waals surface area contributed by atoms with Gasteiger partial charge in [-0.15, -0.1) is 0 Å². The van der Waals surface area contributed by atoms with Gasteiger partial charge in [-0.1, -0.05) is 13.8 Å². The van der Waals surface area contributed by atoms with Crippen LogP contribution in [0.1, 0.15) is 75.2 Å². The lowest BCUT2D eigenvalue weighted by molar-refractivity contribution is -0.0313. The van der Waals surface area contributed by atoms with Crippen molar-refractivity contribution in [3.8, 4) is 0 Å². The zero-order valence-electron chi connectivity index (χ0n) is 19.1. The van der Waals surface area contributed by atoms with E-state index in [9.17, 15) is 8.78 Å². The van der Waals surface area contributed by atoms with Crippen molar-refractivity contribution in [1.82, 2.24) is 20.0 Å². The SMILES string of the molecule is CNCCN(C)Cc1nn2c(c1[C@H]1CC[C@]3(CC1)CC(C)(C)CO3)CC(F)(F)CC2. The van der Waals surface area contributed by atoms with Gasteiger partial charge in [-0.3, -0.25) is 9.58 Å². The lowest BCUT2D eigenvalue weighted by atomic mass is 9.71. The third kappa shape index (κ3) is 4.58. The van der Waals surface area contributed by atoms with Gasteiger partial charge < -0.3 is 10.1 Å². The van der Waals surface area contributed by atoms with Crippen LogP contribution in [0.25, 0.3) is 0 Å². The summed E-state index contributed by atoms with van der Waals surface area (Å²) < 4.78 is 36.8. The van der Waals surface area contributed by atoms with E-state index in [-0.39, 0.29) is 23.9 Å². The van der Waals surface area contributed by atoms with E-state index < -0.39 is 5.92 Å². The molecule has 30 heavy (non-hydrogen) atoms. The normalized spacial score (nSPS) is 30.2. The Morgan fingerprint density at radius 3 is 2.60 bits per heavy atom. The van der Waals surface area contributed by atoms with E-state index in [1.54, 1.807) is 0 Å². The fourth-order valence-corrected chi connectivity index (χ4v) is 5.84. The number of nitrogens with zero attached hydrogens (tertiary/aromatic N) is 3. The molecule has 5 nitrogen and oxygen atoms in total. The molecule has 2 aliphatic heterocycles. The molecule has 0 bridgehead atoms. The first-order valence-corrected chi connectivity index (χ1v) is 11.6. The Labute approximate surface area is 179 Å². The number of alkyl halides is 2. The summed E-state index contributed by atoms with van der Waals surface area (Å²) in [6, 6.07) is 0. The smallest absolute Gasteiger partial charge is 0.255 e. The molecule has 0 atom stereocenters. The second-order valence-electron chi connectivity index (χ2n) is 10.7. The maximum Gasteiger partial charge on any atom is 0.255 e. The summed E-state index contributed by atoms with van der Waals surface area (Å²) in [7, 11) is 4.03. The summed E-state index contributed by atoms with van der Waals surface area (Å²) in [6.45, 7) is 8.24. The number of rotatable bonds is 6. The van der Waals surface area contributed by atoms with Gasteiger partial charge in [0.05, 0.1) is 24.3 Å². The van der Waals surface area contributed by atoms with Gasteiger partial charge in [0.25, 0.3) is 5.92 Å². The first-order valence-electron chi connectivity index (χ1n) is 11.6. The third-order valence-corrected chi connectivity index (χ3v) is 7.33. The lowest BCUT2D eigenvalue weighted by Crippen LogP contribution is -2.35. The van der Waals surface area contributed by atoms with E-state index in [0.29, 0.717) is 19.0 Å². The highest BCUT2D eigenvalue weighted by Crippen LogP contribution is 2.51. The Balaban J connectivity index is 1.56. The molecule has 1 spiro atoms. The average Bonchev–Trinajstić information content (AvgIpc) is 3.16. The van der Waals surface area contributed by atoms with Gasteiger partial charge in [0, 0.05) is 43.9 Å². The predicted molar refractivity (Wildman–Crippen MR) is 114 cm³/mol. The molecule has 4 rings (SSSR count). The Morgan fingerprint density at radius 1 is 1.23 bits per heavy atom. The Bertz CT molecular complexity index is 753. The predicted octanol–water partition coefficient (Wildman–Crippen LogP) is 3.96. The second kappa shape index (κ2) is 8.14. The number of aromatic nitrogens is 2. The highest BCUT2D eigenvalue weighted by Gasteiger charge is 2.47. The molecule has 7 heteroatoms. The van der Waals surface area contributed by atoms with E-state index in [1.807, 2.05) is 11.7 Å². The Hall–Kier alpha value is -1.05. The minimum atomic E-state index is -2.62. The maximum absolute atomic E-state index is 14.3. The first-order chi connectivity index (χ1) is 14.1. The minimum absolute atomic E-state index is 0.000906. The number of likely N-dealkylation sites (N-methyl/N-ethyl adjacent to an activating group) is 2. The molecule has 170 valence electrons. The molecule has 1 saturated heterocycles. The van der Waals surface area contributed by atoms with E-state index in [0.717, 1.165) is 68.8 Å². The van der Waals surface area contributed by atoms with Crippen LogP contribution < -0.4 is 5.32 Å². The van der Waals surface area contributed by atoms with Crippen LogP contribution in [0.4, 0.5) is 8.78 Å². The number of hydrogen-bond acceptors (Lipinski definition) is 4. The molecule has 0 amide bonds. The van der Waals surface area contributed by atoms with Crippen LogP contribution in [0.3, 0.4) is 0 Å². The Kier molecular flexibility index (Phi) is 6.01. The average molecular weight is 425 g/mol. The zero-order chi connectivity index (χ0) is 21.6. The fourth-order valence-electron chi connectivity index (χ4n) is 5.84. The largest absolute Gasteiger partial charge is 0.374 e. The van der Waals surface area contributed by atoms with Gasteiger partial charge in [-0.25, -0.2) is 8.78 Å². The second-order valence-corrected chi connectivity index (χ2v) is 10.7. The van der Waals surface area contributed by atoms with Crippen molar-refractivity contribution in [2.24, 2.45) is 5.41 Å². The minimum Gasteiger partial charge on any atom is -0.374 e. The number of fused-ring (bicyclic) bond motifs is 1. The van der Waals surface area contributed by atoms with Crippen molar-refractivity contribution in [2.75, 3.05) is 33.8 Å². The molecule has 1 saturated carbocycles. The molecule has 3 aliphatic rings. The van der Waals surface area contributed by atoms with Gasteiger partial charge in [0.1, 0.15) is 0 Å². The summed E-state index contributed by atoms with van der Waals surface area (Å²) in [6.07, 6.45) is 4.90. The monoisotopic (exact) mass is 424 g/mol. The molecule has 3 heterocycles. The third-order valence-electron chi connectivity index (χ3n) is 7.33. The number of hydrogen-bond donors (Lipinski definition) is 1. The van der Waals surface area contributed by atoms with Crippen molar-refractivity contribution >= 4 is 0 Å². The van der Waals surface area contributed by atoms with Gasteiger partial charge in [0.15, 0.2) is 0 Å². The summed E-state index contributed by atoms with van der Waals surface area (Å²) in [5.74, 6) is -2.30. The van der Waals surface area contributed by atoms with Crippen molar-refractivity contribution < 1.29 is 13.5 Å². The van der Waals surface area contributed by atoms with E-state index in [1.165, 1.54) is 0 Å². The standard InChI is InChI=1S/C23H38F2N4O/c1-21(2)15-22(30-16-21)7-5-17(6-8-22)20-18(14-28(4)12-10-26-3)27-29-11-9-23(24,25)13-19(20)29/h17,26H,5-16H2,1-4H3/t17-,22-. The van der Waals surface area contributed by atoms with Gasteiger partial charge in [-0.05, 0) is 57.5 Å². The molecule has 0 aromatic carbocycles. The number of halogens is 2. The Morgan fingerprint density at radius 2 is 1.97 bits per heavy atom. The molecular formula is C23H38F2N4O. The lowest BCUT2D eigenvalue weighted by Gasteiger charge is -2.38. The molecule has 0 unspecified atom stereocenters. The van der Waals surface area contributed by atoms with E-state index in [4.69, 9.17) is 9.84 Å². The van der Waals surface area contributed by atoms with Crippen LogP contribution in [0.2, 0.25) is 0 Å². The summed E-state index contributed by atoms with van der Waals surface area (Å²) in [5.41, 5.74) is 3.16. The van der Waals surface area contributed by atoms with Gasteiger partial charge >= 0.3 is 0 Å². The molecule has 1 aromatic heterocycles. The van der Waals surface area contributed by atoms with Crippen molar-refractivity contribution in [3.05, 3.63) is 17.0 Å². The van der Waals surface area contributed by atoms with Crippen LogP contribution in [-0.2, 0) is 24.2 Å². The summed E-state index contributed by atoms with van der Waals surface area (Å²) >= 11 is 0. The van der Waals surface area contributed by atoms with Crippen molar-refractivity contribution in [2.45, 2.75) is 89.3 Å². The van der Waals surface area contributed by atoms with Crippen molar-refractivity contribution in [1.29, 1.82) is 0 Å². The first kappa shape index (κ1) is 22.2. The van der Waals surface area contributed by atoms with Crippen molar-refractivity contribution in [3.63, 3.8) is 0 Å². The molecule has 2 fully saturated rings. The topological polar surface area (TPSA) is 42.3 Å². The molecule has 1 aromatic rings. The zero-order valence-corrected chi connectivity index (χ0v) is 19.1. The quantitative estimate of drug-likeness (QED) is 0.751. The molecule has 0 radical (unpaired) electrons. The van der Waals surface area contributed by atoms with E-state index in [2.05, 4.69) is 31.1 Å². The summed E-state index contributed by atoms with van der Waals surface area (Å²) in [4.78, 5) is 2.24. The molecule has 1 N–H and O–H groups in total. The number of aryl methyl sites for hydroxylation is 1. The van der Waals surface area contributed by atoms with E-state index >= 15 is 0 Å². The van der Waals surface area contributed by atoms with Crippen LogP contribution in [0.5, 0.6) is 0 Å². The van der Waals surface area contributed by atoms with Crippen LogP contribution >= 0.6 is 0 Å². The molecule has 1 aliphatic carbocycles. The highest BCUT2D eigenvalue weighted by atomic mass is 19.3. The number of nitrogens with one attached hydrogen (secondary N) is 1. The van der Waals surface area contributed by atoms with Crippen LogP contribution in [-0.4, -0.2) is 60.0 Å². The molecular weight excluding hydrogens is 386 g/mol. The summed E-state index contributed by atoms with van der Waals surface area (Å²) in [5, 5.41) is 8.02. The van der Waals surface area contributed by atoms with Crippen LogP contribution in [0, 0.1) is 5.41 Å². The fraction of sp³-hybridized carbons (Fsp3) is 0.870. The highest BCUT2D eigenvalue weighted by molar-refractivity contribution is 5.33. The maximum atomic E-state index is 14.3. The van der Waals surface area contributed by atoms with Gasteiger partial charge in [0.2, 0.25) is 0 Å². The van der Waals surface area contributed by atoms with Crippen LogP contribution in [0.15, 0.2) is 0 Å². The van der Waals surface area contributed by atoms with Gasteiger partial charge in [-0.2, -0.15) is 5.10 Å². The number of ether oxygens (including phenoxy) is 1.